The number of pyridine rings is 1. The number of carbonyl (C=O) groups excluding carboxylic acids is 1. The molecule has 7 nitrogen and oxygen atoms in total. The lowest BCUT2D eigenvalue weighted by molar-refractivity contribution is 0.0626. The molecule has 190 valence electrons. The second-order valence-electron chi connectivity index (χ2n) is 8.26. The fraction of sp³-hybridized carbons (Fsp3) is 0.286. The van der Waals surface area contributed by atoms with E-state index in [2.05, 4.69) is 0 Å². The molecule has 5 rings (SSSR count). The Kier molecular flexibility index (Phi) is 7.87. The average Bonchev–Trinajstić information content (AvgIpc) is 2.87. The highest BCUT2D eigenvalue weighted by molar-refractivity contribution is 5.96. The number of hydrogen-bond donors (Lipinski definition) is 1. The lowest BCUT2D eigenvalue weighted by atomic mass is 9.96. The molecule has 2 atom stereocenters. The van der Waals surface area contributed by atoms with Gasteiger partial charge in [0.25, 0.3) is 5.91 Å². The molecule has 0 fully saturated rings. The molecule has 0 spiro atoms. The molecule has 0 unspecified atom stereocenters. The normalized spacial score (nSPS) is 19.4. The van der Waals surface area contributed by atoms with E-state index in [1.807, 2.05) is 48.3 Å². The van der Waals surface area contributed by atoms with Gasteiger partial charge < -0.3 is 14.7 Å². The summed E-state index contributed by atoms with van der Waals surface area (Å²) in [5, 5.41) is 12.5. The van der Waals surface area contributed by atoms with Crippen molar-refractivity contribution in [3.63, 3.8) is 0 Å². The summed E-state index contributed by atoms with van der Waals surface area (Å²) in [6.07, 6.45) is 5.68. The van der Waals surface area contributed by atoms with Gasteiger partial charge in [0.2, 0.25) is 5.43 Å². The molecule has 0 radical (unpaired) electrons. The number of halogens is 1. The molecule has 0 aliphatic carbocycles. The molecule has 3 aromatic rings. The van der Waals surface area contributed by atoms with Crippen molar-refractivity contribution >= 4 is 5.91 Å². The highest BCUT2D eigenvalue weighted by Crippen LogP contribution is 2.38. The molecule has 3 heterocycles. The van der Waals surface area contributed by atoms with Crippen LogP contribution < -0.4 is 15.2 Å². The van der Waals surface area contributed by atoms with Crippen LogP contribution in [0.3, 0.4) is 0 Å². The monoisotopic (exact) mass is 493 g/mol. The van der Waals surface area contributed by atoms with Crippen LogP contribution in [0.15, 0.2) is 77.7 Å². The Morgan fingerprint density at radius 2 is 1.81 bits per heavy atom. The second-order valence-corrected chi connectivity index (χ2v) is 8.26. The molecule has 0 saturated carbocycles. The first-order valence-electron chi connectivity index (χ1n) is 11.2. The Balaban J connectivity index is 0.00000180. The first-order valence-corrected chi connectivity index (χ1v) is 11.2. The lowest BCUT2D eigenvalue weighted by Crippen LogP contribution is -2.57. The summed E-state index contributed by atoms with van der Waals surface area (Å²) in [4.78, 5) is 27.4. The summed E-state index contributed by atoms with van der Waals surface area (Å²) in [7, 11) is 0. The van der Waals surface area contributed by atoms with Crippen molar-refractivity contribution in [2.24, 2.45) is 0 Å². The van der Waals surface area contributed by atoms with E-state index in [1.54, 1.807) is 23.1 Å². The zero-order valence-corrected chi connectivity index (χ0v) is 18.6. The van der Waals surface area contributed by atoms with Gasteiger partial charge in [-0.05, 0) is 24.1 Å². The molecule has 8 heteroatoms. The SMILES string of the molecule is C.C.CC[C@@H]1/C=C/COc2c(F)cccc2[C@@H](c2ccccc2)N2CN1C(=O)c1c(O)c(=O)ccn12. The minimum atomic E-state index is -0.639. The third-order valence-corrected chi connectivity index (χ3v) is 6.30. The Morgan fingerprint density at radius 1 is 1.06 bits per heavy atom. The van der Waals surface area contributed by atoms with Gasteiger partial charge in [0.15, 0.2) is 23.0 Å². The molecule has 36 heavy (non-hydrogen) atoms. The van der Waals surface area contributed by atoms with Crippen LogP contribution in [0.25, 0.3) is 0 Å². The van der Waals surface area contributed by atoms with E-state index < -0.39 is 28.9 Å². The Labute approximate surface area is 210 Å². The average molecular weight is 494 g/mol. The van der Waals surface area contributed by atoms with Gasteiger partial charge in [0.05, 0.1) is 6.04 Å². The first-order chi connectivity index (χ1) is 16.5. The van der Waals surface area contributed by atoms with Crippen LogP contribution in [0.4, 0.5) is 4.39 Å². The van der Waals surface area contributed by atoms with Gasteiger partial charge in [-0.2, -0.15) is 0 Å². The van der Waals surface area contributed by atoms with Gasteiger partial charge in [0, 0.05) is 17.8 Å². The maximum absolute atomic E-state index is 15.0. The van der Waals surface area contributed by atoms with E-state index in [1.165, 1.54) is 23.0 Å². The molecular formula is C28H32FN3O4. The number of rotatable bonds is 2. The van der Waals surface area contributed by atoms with Gasteiger partial charge in [-0.15, -0.1) is 0 Å². The quantitative estimate of drug-likeness (QED) is 0.518. The molecule has 2 aromatic carbocycles. The van der Waals surface area contributed by atoms with E-state index >= 15 is 4.39 Å². The van der Waals surface area contributed by atoms with E-state index in [9.17, 15) is 14.7 Å². The molecule has 2 bridgehead atoms. The highest BCUT2D eigenvalue weighted by atomic mass is 19.1. The number of nitrogens with zero attached hydrogens (tertiary/aromatic N) is 3. The minimum absolute atomic E-state index is 0. The van der Waals surface area contributed by atoms with Crippen LogP contribution >= 0.6 is 0 Å². The van der Waals surface area contributed by atoms with Crippen molar-refractivity contribution in [2.75, 3.05) is 18.3 Å². The van der Waals surface area contributed by atoms with E-state index in [0.29, 0.717) is 12.0 Å². The minimum Gasteiger partial charge on any atom is -0.502 e. The van der Waals surface area contributed by atoms with E-state index in [-0.39, 0.29) is 45.6 Å². The number of benzene rings is 2. The van der Waals surface area contributed by atoms with Crippen molar-refractivity contribution in [1.29, 1.82) is 0 Å². The first kappa shape index (κ1) is 26.5. The maximum atomic E-state index is 15.0. The van der Waals surface area contributed by atoms with Gasteiger partial charge in [-0.1, -0.05) is 70.3 Å². The number of para-hydroxylation sites is 1. The Bertz CT molecular complexity index is 1320. The van der Waals surface area contributed by atoms with Crippen molar-refractivity contribution in [3.05, 3.63) is 106 Å². The molecule has 0 saturated heterocycles. The summed E-state index contributed by atoms with van der Waals surface area (Å²) < 4.78 is 22.4. The number of fused-ring (bicyclic) bond motifs is 5. The van der Waals surface area contributed by atoms with Gasteiger partial charge >= 0.3 is 0 Å². The molecule has 1 aromatic heterocycles. The van der Waals surface area contributed by atoms with E-state index in [4.69, 9.17) is 4.74 Å². The zero-order valence-electron chi connectivity index (χ0n) is 18.6. The van der Waals surface area contributed by atoms with Crippen molar-refractivity contribution in [3.8, 4) is 11.5 Å². The zero-order chi connectivity index (χ0) is 23.8. The van der Waals surface area contributed by atoms with Crippen LogP contribution in [-0.4, -0.2) is 39.9 Å². The summed E-state index contributed by atoms with van der Waals surface area (Å²) in [5.41, 5.74) is 0.634. The molecular weight excluding hydrogens is 461 g/mol. The molecule has 2 aliphatic rings. The summed E-state index contributed by atoms with van der Waals surface area (Å²) in [5.74, 6) is -1.44. The molecule has 1 amide bonds. The lowest BCUT2D eigenvalue weighted by Gasteiger charge is -2.45. The largest absolute Gasteiger partial charge is 0.502 e. The maximum Gasteiger partial charge on any atom is 0.278 e. The van der Waals surface area contributed by atoms with Crippen molar-refractivity contribution in [1.82, 2.24) is 9.58 Å². The highest BCUT2D eigenvalue weighted by Gasteiger charge is 2.39. The van der Waals surface area contributed by atoms with Crippen LogP contribution in [0, 0.1) is 5.82 Å². The number of carbonyl (C=O) groups is 1. The number of hydrogen-bond acceptors (Lipinski definition) is 5. The third kappa shape index (κ3) is 4.34. The third-order valence-electron chi connectivity index (χ3n) is 6.30. The van der Waals surface area contributed by atoms with Gasteiger partial charge in [0.1, 0.15) is 19.3 Å². The molecule has 2 aliphatic heterocycles. The van der Waals surface area contributed by atoms with Crippen molar-refractivity contribution in [2.45, 2.75) is 40.3 Å². The summed E-state index contributed by atoms with van der Waals surface area (Å²) in [6.45, 7) is 2.22. The smallest absolute Gasteiger partial charge is 0.278 e. The number of amides is 1. The summed E-state index contributed by atoms with van der Waals surface area (Å²) >= 11 is 0. The standard InChI is InChI=1S/C26H24FN3O4.2CH4/c1-2-18-10-7-15-34-25-19(11-6-12-20(25)27)22(17-8-4-3-5-9-17)30-16-28(18)26(33)23-24(32)21(31)13-14-29(23)30;;/h3-14,18,22,32H,2,15-16H2,1H3;2*1H4/b10-7+;;/t18-,22-;;/m1../s1. The van der Waals surface area contributed by atoms with E-state index in [0.717, 1.165) is 5.56 Å². The molecule has 1 N–H and O–H groups in total. The van der Waals surface area contributed by atoms with Crippen LogP contribution in [0.1, 0.15) is 55.9 Å². The Morgan fingerprint density at radius 3 is 2.53 bits per heavy atom. The number of ether oxygens (including phenoxy) is 1. The van der Waals surface area contributed by atoms with Crippen molar-refractivity contribution < 1.29 is 19.0 Å². The predicted molar refractivity (Wildman–Crippen MR) is 138 cm³/mol. The van der Waals surface area contributed by atoms with Gasteiger partial charge in [-0.25, -0.2) is 4.39 Å². The fourth-order valence-corrected chi connectivity index (χ4v) is 4.66. The topological polar surface area (TPSA) is 75.0 Å². The summed E-state index contributed by atoms with van der Waals surface area (Å²) in [6, 6.07) is 14.6. The predicted octanol–water partition coefficient (Wildman–Crippen LogP) is 4.83. The number of aromatic nitrogens is 1. The second kappa shape index (κ2) is 10.7. The van der Waals surface area contributed by atoms with Gasteiger partial charge in [-0.3, -0.25) is 19.3 Å². The fourth-order valence-electron chi connectivity index (χ4n) is 4.66. The van der Waals surface area contributed by atoms with Crippen LogP contribution in [0.2, 0.25) is 0 Å². The van der Waals surface area contributed by atoms with Crippen LogP contribution in [-0.2, 0) is 0 Å². The number of aromatic hydroxyl groups is 1. The Hall–Kier alpha value is -4.07. The van der Waals surface area contributed by atoms with Crippen LogP contribution in [0.5, 0.6) is 11.5 Å².